The van der Waals surface area contributed by atoms with E-state index in [4.69, 9.17) is 0 Å². The molecule has 0 bridgehead atoms. The molecule has 0 saturated carbocycles. The number of rotatable bonds is 5. The van der Waals surface area contributed by atoms with Crippen LogP contribution in [0.3, 0.4) is 0 Å². The van der Waals surface area contributed by atoms with E-state index in [2.05, 4.69) is 21.7 Å². The minimum Gasteiger partial charge on any atom is -0.378 e. The lowest BCUT2D eigenvalue weighted by Crippen LogP contribution is -2.41. The van der Waals surface area contributed by atoms with E-state index in [0.717, 1.165) is 25.2 Å². The van der Waals surface area contributed by atoms with E-state index < -0.39 is 6.10 Å². The Morgan fingerprint density at radius 2 is 1.68 bits per heavy atom. The number of aliphatic hydroxyl groups excluding tert-OH is 1. The molecule has 4 rings (SSSR count). The Bertz CT molecular complexity index is 900. The number of carbonyl (C=O) groups is 1. The lowest BCUT2D eigenvalue weighted by molar-refractivity contribution is -0.141. The number of hydrogen-bond donors (Lipinski definition) is 1. The van der Waals surface area contributed by atoms with Gasteiger partial charge in [0.25, 0.3) is 5.91 Å². The molecule has 2 heterocycles. The fourth-order valence-corrected chi connectivity index (χ4v) is 3.90. The summed E-state index contributed by atoms with van der Waals surface area (Å²) in [6, 6.07) is 19.5. The van der Waals surface area contributed by atoms with Crippen LogP contribution in [0.4, 0.5) is 0 Å². The predicted molar refractivity (Wildman–Crippen MR) is 108 cm³/mol. The van der Waals surface area contributed by atoms with Crippen molar-refractivity contribution in [1.29, 1.82) is 0 Å². The molecule has 144 valence electrons. The number of carbonyl (C=O) groups excluding carboxylic acids is 1. The molecular formula is C23H25N3O2. The van der Waals surface area contributed by atoms with Crippen LogP contribution in [0.5, 0.6) is 0 Å². The second-order valence-corrected chi connectivity index (χ2v) is 7.31. The van der Waals surface area contributed by atoms with Gasteiger partial charge in [0, 0.05) is 37.9 Å². The van der Waals surface area contributed by atoms with Crippen LogP contribution in [0.15, 0.2) is 73.1 Å². The molecule has 3 aromatic rings. The number of imidazole rings is 1. The number of hydrogen-bond acceptors (Lipinski definition) is 3. The molecule has 0 radical (unpaired) electrons. The van der Waals surface area contributed by atoms with Gasteiger partial charge in [-0.2, -0.15) is 0 Å². The lowest BCUT2D eigenvalue weighted by Gasteiger charge is -2.33. The molecule has 0 unspecified atom stereocenters. The van der Waals surface area contributed by atoms with Crippen molar-refractivity contribution >= 4 is 5.91 Å². The first-order chi connectivity index (χ1) is 13.7. The average molecular weight is 375 g/mol. The molecule has 5 heteroatoms. The fraction of sp³-hybridized carbons (Fsp3) is 0.304. The number of benzene rings is 2. The molecular weight excluding hydrogens is 350 g/mol. The van der Waals surface area contributed by atoms with E-state index in [-0.39, 0.29) is 5.91 Å². The van der Waals surface area contributed by atoms with Crippen LogP contribution in [0, 0.1) is 0 Å². The normalized spacial score (nSPS) is 16.1. The third-order valence-electron chi connectivity index (χ3n) is 5.46. The summed E-state index contributed by atoms with van der Waals surface area (Å²) in [4.78, 5) is 19.0. The molecule has 1 aliphatic rings. The Labute approximate surface area is 165 Å². The molecule has 1 atom stereocenters. The van der Waals surface area contributed by atoms with Gasteiger partial charge in [-0.15, -0.1) is 0 Å². The van der Waals surface area contributed by atoms with Gasteiger partial charge < -0.3 is 14.6 Å². The van der Waals surface area contributed by atoms with E-state index in [9.17, 15) is 9.90 Å². The number of aliphatic hydroxyl groups is 1. The molecule has 1 fully saturated rings. The number of aromatic nitrogens is 2. The van der Waals surface area contributed by atoms with Crippen LogP contribution >= 0.6 is 0 Å². The molecule has 2 aromatic carbocycles. The zero-order valence-corrected chi connectivity index (χ0v) is 15.8. The summed E-state index contributed by atoms with van der Waals surface area (Å²) in [6.07, 6.45) is 4.52. The Morgan fingerprint density at radius 1 is 1.04 bits per heavy atom. The van der Waals surface area contributed by atoms with Crippen LogP contribution < -0.4 is 0 Å². The monoisotopic (exact) mass is 375 g/mol. The van der Waals surface area contributed by atoms with Crippen molar-refractivity contribution in [2.45, 2.75) is 31.4 Å². The smallest absolute Gasteiger partial charge is 0.256 e. The van der Waals surface area contributed by atoms with Crippen LogP contribution in [-0.4, -0.2) is 38.6 Å². The Morgan fingerprint density at radius 3 is 2.36 bits per heavy atom. The first-order valence-electron chi connectivity index (χ1n) is 9.79. The second kappa shape index (κ2) is 8.40. The van der Waals surface area contributed by atoms with Crippen molar-refractivity contribution in [1.82, 2.24) is 14.5 Å². The average Bonchev–Trinajstić information content (AvgIpc) is 3.22. The van der Waals surface area contributed by atoms with Crippen molar-refractivity contribution < 1.29 is 9.90 Å². The van der Waals surface area contributed by atoms with E-state index >= 15 is 0 Å². The summed E-state index contributed by atoms with van der Waals surface area (Å²) in [5.41, 5.74) is 1.90. The van der Waals surface area contributed by atoms with E-state index in [1.54, 1.807) is 17.0 Å². The SMILES string of the molecule is O=C([C@@H](O)c1ccccc1)N1CCC(c2nccn2Cc2ccccc2)CC1. The van der Waals surface area contributed by atoms with Crippen molar-refractivity contribution in [2.75, 3.05) is 13.1 Å². The Balaban J connectivity index is 1.38. The van der Waals surface area contributed by atoms with E-state index in [1.807, 2.05) is 48.8 Å². The predicted octanol–water partition coefficient (Wildman–Crippen LogP) is 3.37. The van der Waals surface area contributed by atoms with Gasteiger partial charge in [-0.3, -0.25) is 4.79 Å². The third kappa shape index (κ3) is 3.99. The number of likely N-dealkylation sites (tertiary alicyclic amines) is 1. The minimum atomic E-state index is -1.09. The van der Waals surface area contributed by atoms with Gasteiger partial charge in [0.1, 0.15) is 5.82 Å². The Hall–Kier alpha value is -2.92. The van der Waals surface area contributed by atoms with Gasteiger partial charge in [-0.05, 0) is 24.0 Å². The number of piperidine rings is 1. The summed E-state index contributed by atoms with van der Waals surface area (Å²) in [6.45, 7) is 2.10. The Kier molecular flexibility index (Phi) is 5.53. The van der Waals surface area contributed by atoms with Gasteiger partial charge in [0.05, 0.1) is 0 Å². The standard InChI is InChI=1S/C23H25N3O2/c27-21(19-9-5-2-6-10-19)23(28)25-14-11-20(12-15-25)22-24-13-16-26(22)17-18-7-3-1-4-8-18/h1-10,13,16,20-21,27H,11-12,14-15,17H2/t21-/m0/s1. The van der Waals surface area contributed by atoms with Gasteiger partial charge in [0.2, 0.25) is 0 Å². The van der Waals surface area contributed by atoms with Crippen LogP contribution in [0.25, 0.3) is 0 Å². The van der Waals surface area contributed by atoms with Crippen molar-refractivity contribution in [2.24, 2.45) is 0 Å². The highest BCUT2D eigenvalue weighted by molar-refractivity contribution is 5.82. The summed E-state index contributed by atoms with van der Waals surface area (Å²) in [5.74, 6) is 1.20. The molecule has 28 heavy (non-hydrogen) atoms. The first-order valence-corrected chi connectivity index (χ1v) is 9.79. The van der Waals surface area contributed by atoms with E-state index in [0.29, 0.717) is 24.6 Å². The van der Waals surface area contributed by atoms with Crippen molar-refractivity contribution in [3.05, 3.63) is 90.0 Å². The quantitative estimate of drug-likeness (QED) is 0.744. The molecule has 1 saturated heterocycles. The maximum absolute atomic E-state index is 12.7. The fourth-order valence-electron chi connectivity index (χ4n) is 3.90. The lowest BCUT2D eigenvalue weighted by atomic mass is 9.95. The van der Waals surface area contributed by atoms with Gasteiger partial charge in [-0.1, -0.05) is 60.7 Å². The topological polar surface area (TPSA) is 58.4 Å². The minimum absolute atomic E-state index is 0.211. The van der Waals surface area contributed by atoms with Crippen LogP contribution in [-0.2, 0) is 11.3 Å². The highest BCUT2D eigenvalue weighted by atomic mass is 16.3. The van der Waals surface area contributed by atoms with Crippen molar-refractivity contribution in [3.63, 3.8) is 0 Å². The molecule has 1 N–H and O–H groups in total. The number of amides is 1. The molecule has 0 spiro atoms. The zero-order valence-electron chi connectivity index (χ0n) is 15.8. The molecule has 1 aromatic heterocycles. The molecule has 1 aliphatic heterocycles. The summed E-state index contributed by atoms with van der Waals surface area (Å²) >= 11 is 0. The van der Waals surface area contributed by atoms with Gasteiger partial charge >= 0.3 is 0 Å². The second-order valence-electron chi connectivity index (χ2n) is 7.31. The maximum Gasteiger partial charge on any atom is 0.256 e. The molecule has 5 nitrogen and oxygen atoms in total. The van der Waals surface area contributed by atoms with Gasteiger partial charge in [0.15, 0.2) is 6.10 Å². The highest BCUT2D eigenvalue weighted by Gasteiger charge is 2.30. The van der Waals surface area contributed by atoms with Crippen molar-refractivity contribution in [3.8, 4) is 0 Å². The molecule has 1 amide bonds. The van der Waals surface area contributed by atoms with Crippen LogP contribution in [0.2, 0.25) is 0 Å². The number of nitrogens with zero attached hydrogens (tertiary/aromatic N) is 3. The molecule has 0 aliphatic carbocycles. The van der Waals surface area contributed by atoms with E-state index in [1.165, 1.54) is 5.56 Å². The maximum atomic E-state index is 12.7. The summed E-state index contributed by atoms with van der Waals surface area (Å²) in [7, 11) is 0. The zero-order chi connectivity index (χ0) is 19.3. The van der Waals surface area contributed by atoms with Gasteiger partial charge in [-0.25, -0.2) is 4.98 Å². The summed E-state index contributed by atoms with van der Waals surface area (Å²) in [5, 5.41) is 10.4. The van der Waals surface area contributed by atoms with Crippen LogP contribution in [0.1, 0.15) is 41.8 Å². The summed E-state index contributed by atoms with van der Waals surface area (Å²) < 4.78 is 2.20. The third-order valence-corrected chi connectivity index (χ3v) is 5.46. The largest absolute Gasteiger partial charge is 0.378 e. The first kappa shape index (κ1) is 18.4. The highest BCUT2D eigenvalue weighted by Crippen LogP contribution is 2.29.